The maximum absolute atomic E-state index is 3.84. The van der Waals surface area contributed by atoms with Crippen molar-refractivity contribution in [2.45, 2.75) is 6.92 Å². The van der Waals surface area contributed by atoms with E-state index < -0.39 is 0 Å². The molecule has 52 valence electrons. The lowest BCUT2D eigenvalue weighted by Crippen LogP contribution is -2.10. The average Bonchev–Trinajstić information content (AvgIpc) is 2.19. The van der Waals surface area contributed by atoms with Crippen molar-refractivity contribution in [2.75, 3.05) is 12.0 Å². The first-order valence-corrected chi connectivity index (χ1v) is 2.65. The molecular formula is C5H10ClN3. The molecule has 0 radical (unpaired) electrons. The molecular weight excluding hydrogens is 138 g/mol. The first-order valence-electron chi connectivity index (χ1n) is 2.65. The van der Waals surface area contributed by atoms with Crippen molar-refractivity contribution >= 4 is 12.4 Å². The van der Waals surface area contributed by atoms with Gasteiger partial charge in [0.2, 0.25) is 0 Å². The second-order valence-corrected chi connectivity index (χ2v) is 1.48. The zero-order valence-electron chi connectivity index (χ0n) is 5.24. The van der Waals surface area contributed by atoms with Crippen molar-refractivity contribution in [1.29, 1.82) is 0 Å². The fourth-order valence-corrected chi connectivity index (χ4v) is 0.535. The molecule has 1 rings (SSSR count). The highest BCUT2D eigenvalue weighted by Gasteiger charge is 1.78. The van der Waals surface area contributed by atoms with Gasteiger partial charge in [0.05, 0.1) is 0 Å². The van der Waals surface area contributed by atoms with Crippen LogP contribution in [0.1, 0.15) is 6.92 Å². The van der Waals surface area contributed by atoms with Gasteiger partial charge in [-0.2, -0.15) is 0 Å². The first-order chi connectivity index (χ1) is 3.93. The van der Waals surface area contributed by atoms with Gasteiger partial charge in [-0.1, -0.05) is 0 Å². The van der Waals surface area contributed by atoms with E-state index >= 15 is 0 Å². The maximum atomic E-state index is 3.84. The summed E-state index contributed by atoms with van der Waals surface area (Å²) in [5.41, 5.74) is 3.04. The van der Waals surface area contributed by atoms with Crippen LogP contribution in [-0.4, -0.2) is 16.2 Å². The summed E-state index contributed by atoms with van der Waals surface area (Å²) >= 11 is 0. The van der Waals surface area contributed by atoms with Gasteiger partial charge in [-0.3, -0.25) is 4.68 Å². The second-order valence-electron chi connectivity index (χ2n) is 1.48. The van der Waals surface area contributed by atoms with Gasteiger partial charge < -0.3 is 5.43 Å². The van der Waals surface area contributed by atoms with Gasteiger partial charge in [0.25, 0.3) is 0 Å². The van der Waals surface area contributed by atoms with Crippen LogP contribution in [-0.2, 0) is 0 Å². The molecule has 0 unspecified atom stereocenters. The highest BCUT2D eigenvalue weighted by atomic mass is 35.5. The summed E-state index contributed by atoms with van der Waals surface area (Å²) in [4.78, 5) is 3.84. The standard InChI is InChI=1S/C5H9N3.ClH/c1-2-7-8-4-3-6-5-8;/h3-5,7H,2H2,1H3;1H. The van der Waals surface area contributed by atoms with Crippen LogP contribution < -0.4 is 5.43 Å². The lowest BCUT2D eigenvalue weighted by molar-refractivity contribution is 0.862. The van der Waals surface area contributed by atoms with Crippen LogP contribution in [0.15, 0.2) is 18.7 Å². The van der Waals surface area contributed by atoms with Crippen molar-refractivity contribution in [3.8, 4) is 0 Å². The third-order valence-electron chi connectivity index (χ3n) is 0.845. The normalized spacial score (nSPS) is 8.11. The van der Waals surface area contributed by atoms with Crippen LogP contribution in [0, 0.1) is 0 Å². The smallest absolute Gasteiger partial charge is 0.114 e. The molecule has 0 aliphatic carbocycles. The number of aromatic nitrogens is 2. The summed E-state index contributed by atoms with van der Waals surface area (Å²) < 4.78 is 1.82. The Balaban J connectivity index is 0.000000640. The molecule has 1 heterocycles. The third-order valence-corrected chi connectivity index (χ3v) is 0.845. The van der Waals surface area contributed by atoms with Crippen molar-refractivity contribution in [1.82, 2.24) is 9.66 Å². The Morgan fingerprint density at radius 2 is 2.44 bits per heavy atom. The average molecular weight is 148 g/mol. The molecule has 1 aromatic heterocycles. The SMILES string of the molecule is CCNn1ccnc1.Cl. The summed E-state index contributed by atoms with van der Waals surface area (Å²) in [6, 6.07) is 0. The minimum absolute atomic E-state index is 0. The summed E-state index contributed by atoms with van der Waals surface area (Å²) in [6.07, 6.45) is 5.33. The van der Waals surface area contributed by atoms with E-state index in [1.54, 1.807) is 12.5 Å². The Morgan fingerprint density at radius 1 is 1.67 bits per heavy atom. The van der Waals surface area contributed by atoms with Crippen LogP contribution in [0.4, 0.5) is 0 Å². The Hall–Kier alpha value is -0.700. The summed E-state index contributed by atoms with van der Waals surface area (Å²) in [7, 11) is 0. The number of nitrogens with one attached hydrogen (secondary N) is 1. The highest BCUT2D eigenvalue weighted by molar-refractivity contribution is 5.85. The number of halogens is 1. The van der Waals surface area contributed by atoms with Crippen molar-refractivity contribution in [2.24, 2.45) is 0 Å². The minimum atomic E-state index is 0. The largest absolute Gasteiger partial charge is 0.325 e. The quantitative estimate of drug-likeness (QED) is 0.673. The van der Waals surface area contributed by atoms with Crippen LogP contribution in [0.3, 0.4) is 0 Å². The van der Waals surface area contributed by atoms with Crippen molar-refractivity contribution < 1.29 is 0 Å². The Kier molecular flexibility index (Phi) is 3.88. The van der Waals surface area contributed by atoms with Gasteiger partial charge in [-0.05, 0) is 6.92 Å². The maximum Gasteiger partial charge on any atom is 0.114 e. The Labute approximate surface area is 60.5 Å². The molecule has 0 spiro atoms. The molecule has 1 aromatic rings. The van der Waals surface area contributed by atoms with E-state index in [0.717, 1.165) is 6.54 Å². The van der Waals surface area contributed by atoms with E-state index in [4.69, 9.17) is 0 Å². The zero-order valence-corrected chi connectivity index (χ0v) is 6.06. The topological polar surface area (TPSA) is 29.9 Å². The lowest BCUT2D eigenvalue weighted by Gasteiger charge is -1.99. The first kappa shape index (κ1) is 8.30. The highest BCUT2D eigenvalue weighted by Crippen LogP contribution is 1.76. The molecule has 0 bridgehead atoms. The van der Waals surface area contributed by atoms with Crippen molar-refractivity contribution in [3.05, 3.63) is 18.7 Å². The zero-order chi connectivity index (χ0) is 5.82. The number of rotatable bonds is 2. The van der Waals surface area contributed by atoms with E-state index in [1.807, 2.05) is 17.8 Å². The summed E-state index contributed by atoms with van der Waals surface area (Å²) in [5, 5.41) is 0. The van der Waals surface area contributed by atoms with E-state index in [-0.39, 0.29) is 12.4 Å². The predicted octanol–water partition coefficient (Wildman–Crippen LogP) is 0.868. The molecule has 0 saturated carbocycles. The van der Waals surface area contributed by atoms with E-state index in [2.05, 4.69) is 10.4 Å². The van der Waals surface area contributed by atoms with Gasteiger partial charge in [0, 0.05) is 18.9 Å². The molecule has 0 aromatic carbocycles. The number of hydrogen-bond acceptors (Lipinski definition) is 2. The Morgan fingerprint density at radius 3 is 2.89 bits per heavy atom. The van der Waals surface area contributed by atoms with Gasteiger partial charge >= 0.3 is 0 Å². The number of nitrogens with zero attached hydrogens (tertiary/aromatic N) is 2. The number of imidazole rings is 1. The fourth-order valence-electron chi connectivity index (χ4n) is 0.535. The van der Waals surface area contributed by atoms with Gasteiger partial charge in [-0.25, -0.2) is 4.98 Å². The van der Waals surface area contributed by atoms with Crippen LogP contribution in [0.25, 0.3) is 0 Å². The molecule has 0 aliphatic heterocycles. The lowest BCUT2D eigenvalue weighted by atomic mass is 10.8. The molecule has 3 nitrogen and oxygen atoms in total. The van der Waals surface area contributed by atoms with Crippen molar-refractivity contribution in [3.63, 3.8) is 0 Å². The third kappa shape index (κ3) is 2.37. The van der Waals surface area contributed by atoms with Crippen LogP contribution in [0.5, 0.6) is 0 Å². The fraction of sp³-hybridized carbons (Fsp3) is 0.400. The molecule has 0 saturated heterocycles. The Bertz CT molecular complexity index is 138. The van der Waals surface area contributed by atoms with Gasteiger partial charge in [0.15, 0.2) is 0 Å². The second kappa shape index (κ2) is 4.21. The molecule has 0 aliphatic rings. The molecule has 0 atom stereocenters. The van der Waals surface area contributed by atoms with E-state index in [9.17, 15) is 0 Å². The molecule has 4 heteroatoms. The predicted molar refractivity (Wildman–Crippen MR) is 39.4 cm³/mol. The van der Waals surface area contributed by atoms with Crippen LogP contribution in [0.2, 0.25) is 0 Å². The molecule has 0 amide bonds. The van der Waals surface area contributed by atoms with Crippen LogP contribution >= 0.6 is 12.4 Å². The molecule has 9 heavy (non-hydrogen) atoms. The minimum Gasteiger partial charge on any atom is -0.325 e. The van der Waals surface area contributed by atoms with E-state index in [1.165, 1.54) is 0 Å². The van der Waals surface area contributed by atoms with E-state index in [0.29, 0.717) is 0 Å². The summed E-state index contributed by atoms with van der Waals surface area (Å²) in [5.74, 6) is 0. The summed E-state index contributed by atoms with van der Waals surface area (Å²) in [6.45, 7) is 2.97. The number of hydrogen-bond donors (Lipinski definition) is 1. The van der Waals surface area contributed by atoms with Gasteiger partial charge in [-0.15, -0.1) is 12.4 Å². The molecule has 1 N–H and O–H groups in total. The van der Waals surface area contributed by atoms with Gasteiger partial charge in [0.1, 0.15) is 6.33 Å². The monoisotopic (exact) mass is 147 g/mol. The molecule has 0 fully saturated rings.